The van der Waals surface area contributed by atoms with E-state index in [4.69, 9.17) is 0 Å². The number of fused-ring (bicyclic) bond motifs is 1. The fourth-order valence-corrected chi connectivity index (χ4v) is 3.17. The smallest absolute Gasteiger partial charge is 0.137 e. The molecule has 0 unspecified atom stereocenters. The predicted octanol–water partition coefficient (Wildman–Crippen LogP) is 5.18. The van der Waals surface area contributed by atoms with Crippen LogP contribution in [0.3, 0.4) is 0 Å². The highest BCUT2D eigenvalue weighted by Crippen LogP contribution is 2.41. The van der Waals surface area contributed by atoms with Crippen molar-refractivity contribution in [1.29, 1.82) is 0 Å². The Balaban J connectivity index is 2.16. The zero-order valence-corrected chi connectivity index (χ0v) is 13.1. The van der Waals surface area contributed by atoms with Gasteiger partial charge in [-0.3, -0.25) is 0 Å². The lowest BCUT2D eigenvalue weighted by molar-refractivity contribution is 0.546. The Kier molecular flexibility index (Phi) is 3.28. The molecule has 4 heteroatoms. The quantitative estimate of drug-likeness (QED) is 0.805. The summed E-state index contributed by atoms with van der Waals surface area (Å²) in [5, 5.41) is 1.03. The van der Waals surface area contributed by atoms with E-state index < -0.39 is 0 Å². The lowest BCUT2D eigenvalue weighted by Crippen LogP contribution is -2.21. The first-order valence-corrected chi connectivity index (χ1v) is 7.49. The van der Waals surface area contributed by atoms with Crippen LogP contribution in [-0.2, 0) is 5.41 Å². The first-order valence-electron chi connectivity index (χ1n) is 6.70. The van der Waals surface area contributed by atoms with E-state index in [2.05, 4.69) is 39.7 Å². The van der Waals surface area contributed by atoms with Crippen LogP contribution in [0.5, 0.6) is 0 Å². The van der Waals surface area contributed by atoms with Crippen LogP contribution in [0.25, 0.3) is 11.0 Å². The molecule has 0 fully saturated rings. The number of nitrogens with zero attached hydrogens (tertiary/aromatic N) is 1. The molecule has 0 amide bonds. The summed E-state index contributed by atoms with van der Waals surface area (Å²) in [5.74, 6) is -0.0986. The summed E-state index contributed by atoms with van der Waals surface area (Å²) in [4.78, 5) is 7.52. The fourth-order valence-electron chi connectivity index (χ4n) is 2.84. The minimum absolute atomic E-state index is 0.0986. The average Bonchev–Trinajstić information content (AvgIpc) is 2.82. The lowest BCUT2D eigenvalue weighted by atomic mass is 9.75. The second-order valence-corrected chi connectivity index (χ2v) is 6.54. The van der Waals surface area contributed by atoms with Gasteiger partial charge >= 0.3 is 0 Å². The van der Waals surface area contributed by atoms with Gasteiger partial charge in [-0.1, -0.05) is 19.9 Å². The summed E-state index contributed by atoms with van der Waals surface area (Å²) < 4.78 is 15.1. The van der Waals surface area contributed by atoms with Crippen molar-refractivity contribution in [3.8, 4) is 0 Å². The fraction of sp³-hybridized carbons (Fsp3) is 0.312. The van der Waals surface area contributed by atoms with Crippen LogP contribution in [0.2, 0.25) is 0 Å². The van der Waals surface area contributed by atoms with Crippen molar-refractivity contribution >= 4 is 27.0 Å². The number of halogens is 2. The first-order chi connectivity index (χ1) is 9.50. The average molecular weight is 335 g/mol. The monoisotopic (exact) mass is 334 g/mol. The minimum Gasteiger partial charge on any atom is -0.346 e. The summed E-state index contributed by atoms with van der Waals surface area (Å²) in [7, 11) is 0. The maximum absolute atomic E-state index is 14.2. The Morgan fingerprint density at radius 2 is 2.05 bits per heavy atom. The molecule has 0 bridgehead atoms. The van der Waals surface area contributed by atoms with Crippen LogP contribution in [0, 0.1) is 0 Å². The molecule has 1 N–H and O–H groups in total. The van der Waals surface area contributed by atoms with Crippen LogP contribution in [0.4, 0.5) is 4.39 Å². The number of aromatic nitrogens is 2. The predicted molar refractivity (Wildman–Crippen MR) is 83.3 cm³/mol. The Bertz CT molecular complexity index is 725. The van der Waals surface area contributed by atoms with Gasteiger partial charge in [-0.2, -0.15) is 0 Å². The second kappa shape index (κ2) is 4.85. The summed E-state index contributed by atoms with van der Waals surface area (Å²) in [6.07, 6.45) is 9.07. The normalized spacial score (nSPS) is 16.2. The maximum atomic E-state index is 14.2. The van der Waals surface area contributed by atoms with Gasteiger partial charge in [-0.05, 0) is 52.1 Å². The van der Waals surface area contributed by atoms with E-state index in [0.29, 0.717) is 0 Å². The summed E-state index contributed by atoms with van der Waals surface area (Å²) >= 11 is 3.45. The largest absolute Gasteiger partial charge is 0.346 e. The van der Waals surface area contributed by atoms with Crippen LogP contribution >= 0.6 is 15.9 Å². The van der Waals surface area contributed by atoms with Crippen LogP contribution in [0.15, 0.2) is 46.5 Å². The van der Waals surface area contributed by atoms with Gasteiger partial charge in [0.1, 0.15) is 11.5 Å². The van der Waals surface area contributed by atoms with Gasteiger partial charge in [0.05, 0.1) is 0 Å². The van der Waals surface area contributed by atoms with Crippen molar-refractivity contribution in [3.05, 3.63) is 52.0 Å². The summed E-state index contributed by atoms with van der Waals surface area (Å²) in [6, 6.07) is 2.03. The van der Waals surface area contributed by atoms with Crippen LogP contribution < -0.4 is 0 Å². The van der Waals surface area contributed by atoms with Gasteiger partial charge in [0.15, 0.2) is 0 Å². The topological polar surface area (TPSA) is 28.7 Å². The SMILES string of the molecule is CC(C)(C1=CCCC=C1F)c1c[nH]c2ncc(Br)cc12. The zero-order chi connectivity index (χ0) is 14.3. The molecule has 104 valence electrons. The highest BCUT2D eigenvalue weighted by atomic mass is 79.9. The van der Waals surface area contributed by atoms with Crippen molar-refractivity contribution in [2.75, 3.05) is 0 Å². The molecule has 0 aliphatic heterocycles. The highest BCUT2D eigenvalue weighted by molar-refractivity contribution is 9.10. The first kappa shape index (κ1) is 13.6. The van der Waals surface area contributed by atoms with Gasteiger partial charge in [0, 0.05) is 27.7 Å². The Morgan fingerprint density at radius 1 is 1.30 bits per heavy atom. The number of rotatable bonds is 2. The standard InChI is InChI=1S/C16H16BrFN2/c1-16(2,12-5-3-4-6-14(12)18)13-9-20-15-11(13)7-10(17)8-19-15/h5-9H,3-4H2,1-2H3,(H,19,20). The Labute approximate surface area is 125 Å². The van der Waals surface area contributed by atoms with Gasteiger partial charge in [-0.15, -0.1) is 0 Å². The number of nitrogens with one attached hydrogen (secondary N) is 1. The van der Waals surface area contributed by atoms with E-state index in [1.165, 1.54) is 0 Å². The van der Waals surface area contributed by atoms with Crippen molar-refractivity contribution < 1.29 is 4.39 Å². The second-order valence-electron chi connectivity index (χ2n) is 5.62. The third-order valence-electron chi connectivity index (χ3n) is 3.94. The molecule has 20 heavy (non-hydrogen) atoms. The van der Waals surface area contributed by atoms with Crippen LogP contribution in [-0.4, -0.2) is 9.97 Å². The van der Waals surface area contributed by atoms with Gasteiger partial charge < -0.3 is 4.98 Å². The number of hydrogen-bond donors (Lipinski definition) is 1. The molecular weight excluding hydrogens is 319 g/mol. The molecule has 0 saturated heterocycles. The summed E-state index contributed by atoms with van der Waals surface area (Å²) in [6.45, 7) is 4.11. The van der Waals surface area contributed by atoms with Crippen molar-refractivity contribution in [2.45, 2.75) is 32.1 Å². The van der Waals surface area contributed by atoms with E-state index in [-0.39, 0.29) is 11.2 Å². The number of pyridine rings is 1. The van der Waals surface area contributed by atoms with E-state index in [9.17, 15) is 4.39 Å². The Morgan fingerprint density at radius 3 is 2.80 bits per heavy atom. The molecule has 2 heterocycles. The third kappa shape index (κ3) is 2.12. The zero-order valence-electron chi connectivity index (χ0n) is 11.5. The van der Waals surface area contributed by atoms with E-state index in [1.54, 1.807) is 12.3 Å². The molecule has 0 atom stereocenters. The maximum Gasteiger partial charge on any atom is 0.137 e. The third-order valence-corrected chi connectivity index (χ3v) is 4.37. The van der Waals surface area contributed by atoms with Crippen molar-refractivity contribution in [1.82, 2.24) is 9.97 Å². The molecule has 2 aromatic rings. The molecule has 0 spiro atoms. The number of H-pyrrole nitrogens is 1. The number of hydrogen-bond acceptors (Lipinski definition) is 1. The van der Waals surface area contributed by atoms with Gasteiger partial charge in [0.25, 0.3) is 0 Å². The van der Waals surface area contributed by atoms with E-state index in [0.717, 1.165) is 39.5 Å². The van der Waals surface area contributed by atoms with Crippen molar-refractivity contribution in [3.63, 3.8) is 0 Å². The lowest BCUT2D eigenvalue weighted by Gasteiger charge is -2.29. The van der Waals surface area contributed by atoms with E-state index in [1.807, 2.05) is 18.3 Å². The molecule has 2 nitrogen and oxygen atoms in total. The van der Waals surface area contributed by atoms with Crippen LogP contribution in [0.1, 0.15) is 32.3 Å². The molecule has 0 saturated carbocycles. The molecule has 0 radical (unpaired) electrons. The molecule has 2 aromatic heterocycles. The molecular formula is C16H16BrFN2. The Hall–Kier alpha value is -1.42. The molecule has 1 aliphatic rings. The molecule has 0 aromatic carbocycles. The highest BCUT2D eigenvalue weighted by Gasteiger charge is 2.31. The van der Waals surface area contributed by atoms with Gasteiger partial charge in [0.2, 0.25) is 0 Å². The molecule has 1 aliphatic carbocycles. The minimum atomic E-state index is -0.387. The molecule has 3 rings (SSSR count). The van der Waals surface area contributed by atoms with E-state index >= 15 is 0 Å². The number of allylic oxidation sites excluding steroid dienone is 4. The van der Waals surface area contributed by atoms with Crippen molar-refractivity contribution in [2.24, 2.45) is 0 Å². The summed E-state index contributed by atoms with van der Waals surface area (Å²) in [5.41, 5.74) is 2.28. The number of aromatic amines is 1. The van der Waals surface area contributed by atoms with Gasteiger partial charge in [-0.25, -0.2) is 9.37 Å².